The van der Waals surface area contributed by atoms with Crippen molar-refractivity contribution in [2.75, 3.05) is 11.9 Å². The van der Waals surface area contributed by atoms with Gasteiger partial charge in [0.25, 0.3) is 5.91 Å². The van der Waals surface area contributed by atoms with Crippen LogP contribution >= 0.6 is 10.8 Å². The van der Waals surface area contributed by atoms with Gasteiger partial charge in [-0.05, 0) is 42.7 Å². The molecule has 0 aromatic heterocycles. The molecule has 192 valence electrons. The van der Waals surface area contributed by atoms with E-state index in [-0.39, 0.29) is 33.3 Å². The van der Waals surface area contributed by atoms with Crippen LogP contribution in [0.15, 0.2) is 51.3 Å². The van der Waals surface area contributed by atoms with E-state index in [9.17, 15) is 28.2 Å². The zero-order valence-electron chi connectivity index (χ0n) is 19.9. The Labute approximate surface area is 209 Å². The zero-order chi connectivity index (χ0) is 26.3. The summed E-state index contributed by atoms with van der Waals surface area (Å²) in [6.45, 7) is 3.47. The van der Waals surface area contributed by atoms with Crippen LogP contribution < -0.4 is 15.8 Å². The number of amides is 1. The van der Waals surface area contributed by atoms with Gasteiger partial charge >= 0.3 is 0 Å². The van der Waals surface area contributed by atoms with Crippen LogP contribution in [0.2, 0.25) is 0 Å². The number of aliphatic hydroxyl groups is 1. The average Bonchev–Trinajstić information content (AvgIpc) is 2.81. The average molecular weight is 518 g/mol. The molecule has 1 amide bonds. The van der Waals surface area contributed by atoms with E-state index in [1.165, 1.54) is 36.4 Å². The minimum Gasteiger partial charge on any atom is -0.506 e. The Hall–Kier alpha value is -3.41. The molecule has 1 heterocycles. The van der Waals surface area contributed by atoms with Crippen molar-refractivity contribution in [2.45, 2.75) is 49.8 Å². The number of ketones is 1. The SMILES string of the molecule is CCCC1(CCC)C(=O)C(C2=NS(O)(O)c3cc(OCC(N)=O)ccc3N2)=C(O)c2cc(F)ccc21. The number of amidine groups is 1. The van der Waals surface area contributed by atoms with Gasteiger partial charge in [-0.3, -0.25) is 18.7 Å². The van der Waals surface area contributed by atoms with Crippen LogP contribution in [0.1, 0.15) is 50.7 Å². The van der Waals surface area contributed by atoms with Crippen molar-refractivity contribution < 1.29 is 32.9 Å². The molecule has 2 aromatic rings. The summed E-state index contributed by atoms with van der Waals surface area (Å²) in [6.07, 6.45) is 2.22. The van der Waals surface area contributed by atoms with E-state index in [1.807, 2.05) is 13.8 Å². The third-order valence-corrected chi connectivity index (χ3v) is 7.71. The number of fused-ring (bicyclic) bond motifs is 2. The second-order valence-corrected chi connectivity index (χ2v) is 10.5. The molecule has 6 N–H and O–H groups in total. The van der Waals surface area contributed by atoms with Crippen LogP contribution in [-0.4, -0.2) is 38.3 Å². The van der Waals surface area contributed by atoms with Gasteiger partial charge in [0.05, 0.1) is 11.1 Å². The summed E-state index contributed by atoms with van der Waals surface area (Å²) >= 11 is 0. The predicted octanol–water partition coefficient (Wildman–Crippen LogP) is 4.93. The lowest BCUT2D eigenvalue weighted by molar-refractivity contribution is -0.121. The maximum absolute atomic E-state index is 14.2. The number of Topliss-reactive ketones (excluding diaryl/α,β-unsaturated/α-hetero) is 1. The summed E-state index contributed by atoms with van der Waals surface area (Å²) in [6, 6.07) is 8.24. The van der Waals surface area contributed by atoms with Crippen molar-refractivity contribution in [1.29, 1.82) is 0 Å². The quantitative estimate of drug-likeness (QED) is 0.333. The number of hydrogen-bond donors (Lipinski definition) is 5. The molecule has 0 saturated heterocycles. The first-order chi connectivity index (χ1) is 17.0. The maximum atomic E-state index is 14.2. The third-order valence-electron chi connectivity index (χ3n) is 6.34. The van der Waals surface area contributed by atoms with Gasteiger partial charge in [0.15, 0.2) is 18.2 Å². The first kappa shape index (κ1) is 25.7. The summed E-state index contributed by atoms with van der Waals surface area (Å²) < 4.78 is 45.2. The number of carbonyl (C=O) groups excluding carboxylic acids is 2. The first-order valence-corrected chi connectivity index (χ1v) is 13.0. The molecule has 0 unspecified atom stereocenters. The van der Waals surface area contributed by atoms with E-state index in [4.69, 9.17) is 10.5 Å². The fraction of sp³-hybridized carbons (Fsp3) is 0.320. The van der Waals surface area contributed by atoms with E-state index >= 15 is 0 Å². The monoisotopic (exact) mass is 517 g/mol. The first-order valence-electron chi connectivity index (χ1n) is 11.5. The highest BCUT2D eigenvalue weighted by Crippen LogP contribution is 2.57. The molecule has 4 rings (SSSR count). The second-order valence-electron chi connectivity index (χ2n) is 8.82. The minimum atomic E-state index is -3.84. The molecule has 0 spiro atoms. The number of halogens is 1. The van der Waals surface area contributed by atoms with E-state index in [0.717, 1.165) is 0 Å². The molecule has 1 aliphatic carbocycles. The Balaban J connectivity index is 1.85. The van der Waals surface area contributed by atoms with Crippen molar-refractivity contribution in [1.82, 2.24) is 0 Å². The molecule has 1 aliphatic heterocycles. The normalized spacial score (nSPS) is 18.5. The highest BCUT2D eigenvalue weighted by atomic mass is 32.3. The fourth-order valence-electron chi connectivity index (χ4n) is 4.94. The fourth-order valence-corrected chi connectivity index (χ4v) is 6.12. The number of benzene rings is 2. The van der Waals surface area contributed by atoms with Gasteiger partial charge < -0.3 is 20.9 Å². The number of rotatable bonds is 8. The number of primary amides is 1. The molecule has 0 saturated carbocycles. The summed E-state index contributed by atoms with van der Waals surface area (Å²) in [5.41, 5.74) is 4.77. The molecular formula is C25H28FN3O6S. The van der Waals surface area contributed by atoms with E-state index in [1.54, 1.807) is 0 Å². The van der Waals surface area contributed by atoms with Gasteiger partial charge in [0, 0.05) is 11.6 Å². The molecule has 0 bridgehead atoms. The predicted molar refractivity (Wildman–Crippen MR) is 136 cm³/mol. The molecule has 11 heteroatoms. The molecule has 0 fully saturated rings. The van der Waals surface area contributed by atoms with Crippen molar-refractivity contribution >= 4 is 39.7 Å². The number of nitrogens with two attached hydrogens (primary N) is 1. The number of anilines is 1. The van der Waals surface area contributed by atoms with Crippen LogP contribution in [-0.2, 0) is 15.0 Å². The Morgan fingerprint density at radius 3 is 2.50 bits per heavy atom. The van der Waals surface area contributed by atoms with Crippen molar-refractivity contribution in [3.05, 3.63) is 58.9 Å². The Morgan fingerprint density at radius 1 is 1.17 bits per heavy atom. The topological polar surface area (TPSA) is 154 Å². The van der Waals surface area contributed by atoms with E-state index in [2.05, 4.69) is 9.71 Å². The minimum absolute atomic E-state index is 0.0172. The molecule has 2 aromatic carbocycles. The van der Waals surface area contributed by atoms with Gasteiger partial charge in [0.2, 0.25) is 0 Å². The third kappa shape index (κ3) is 4.34. The second kappa shape index (κ2) is 9.57. The number of ether oxygens (including phenoxy) is 1. The number of hydrogen-bond acceptors (Lipinski definition) is 8. The summed E-state index contributed by atoms with van der Waals surface area (Å²) in [5, 5.41) is 14.1. The van der Waals surface area contributed by atoms with Crippen LogP contribution in [0.3, 0.4) is 0 Å². The molecule has 0 radical (unpaired) electrons. The van der Waals surface area contributed by atoms with Crippen molar-refractivity contribution in [3.63, 3.8) is 0 Å². The molecule has 36 heavy (non-hydrogen) atoms. The highest BCUT2D eigenvalue weighted by Gasteiger charge is 2.48. The molecule has 0 atom stereocenters. The van der Waals surface area contributed by atoms with Gasteiger partial charge in [-0.15, -0.1) is 4.40 Å². The van der Waals surface area contributed by atoms with Crippen LogP contribution in [0.4, 0.5) is 10.1 Å². The summed E-state index contributed by atoms with van der Waals surface area (Å²) in [7, 11) is -3.84. The molecular weight excluding hydrogens is 489 g/mol. The molecule has 9 nitrogen and oxygen atoms in total. The van der Waals surface area contributed by atoms with Crippen molar-refractivity contribution in [2.24, 2.45) is 10.1 Å². The van der Waals surface area contributed by atoms with Gasteiger partial charge in [0.1, 0.15) is 27.8 Å². The van der Waals surface area contributed by atoms with E-state index < -0.39 is 46.1 Å². The number of carbonyl (C=O) groups is 2. The van der Waals surface area contributed by atoms with Crippen LogP contribution in [0, 0.1) is 5.82 Å². The Morgan fingerprint density at radius 2 is 1.86 bits per heavy atom. The number of aliphatic hydroxyl groups excluding tert-OH is 1. The van der Waals surface area contributed by atoms with Gasteiger partial charge in [-0.2, -0.15) is 0 Å². The van der Waals surface area contributed by atoms with Gasteiger partial charge in [-0.25, -0.2) is 4.39 Å². The largest absolute Gasteiger partial charge is 0.506 e. The standard InChI is InChI=1S/C25H28FN3O6S/c1-3-9-25(10-4-2)17-7-5-14(26)11-16(17)22(31)21(23(25)32)24-28-18-8-6-15(35-13-20(27)30)12-19(18)36(33,34)29-24/h5-8,11-12,31,33-34H,3-4,9-10,13H2,1-2H3,(H2,27,30)(H,28,29). The maximum Gasteiger partial charge on any atom is 0.255 e. The van der Waals surface area contributed by atoms with Crippen molar-refractivity contribution in [3.8, 4) is 5.75 Å². The lowest BCUT2D eigenvalue weighted by Crippen LogP contribution is -2.44. The van der Waals surface area contributed by atoms with Gasteiger partial charge in [-0.1, -0.05) is 43.5 Å². The van der Waals surface area contributed by atoms with E-state index in [0.29, 0.717) is 31.2 Å². The Kier molecular flexibility index (Phi) is 6.82. The van der Waals surface area contributed by atoms with Crippen LogP contribution in [0.25, 0.3) is 5.76 Å². The number of nitrogens with zero attached hydrogens (tertiary/aromatic N) is 1. The summed E-state index contributed by atoms with van der Waals surface area (Å²) in [5.74, 6) is -2.24. The lowest BCUT2D eigenvalue weighted by atomic mass is 9.63. The smallest absolute Gasteiger partial charge is 0.255 e. The lowest BCUT2D eigenvalue weighted by Gasteiger charge is -2.40. The number of nitrogens with one attached hydrogen (secondary N) is 1. The zero-order valence-corrected chi connectivity index (χ0v) is 20.7. The Bertz CT molecular complexity index is 1300. The summed E-state index contributed by atoms with van der Waals surface area (Å²) in [4.78, 5) is 25.1. The highest BCUT2D eigenvalue weighted by molar-refractivity contribution is 8.23. The molecule has 2 aliphatic rings. The van der Waals surface area contributed by atoms with Crippen LogP contribution in [0.5, 0.6) is 5.75 Å².